The van der Waals surface area contributed by atoms with E-state index >= 15 is 0 Å². The molecule has 1 aliphatic carbocycles. The fraction of sp³-hybridized carbons (Fsp3) is 0.333. The molecule has 0 saturated heterocycles. The quantitative estimate of drug-likeness (QED) is 0.211. The molecule has 5 heteroatoms. The molecule has 0 amide bonds. The summed E-state index contributed by atoms with van der Waals surface area (Å²) in [6.07, 6.45) is 5.13. The molecule has 0 fully saturated rings. The zero-order valence-electron chi connectivity index (χ0n) is 23.8. The van der Waals surface area contributed by atoms with E-state index in [1.807, 2.05) is 0 Å². The zero-order valence-corrected chi connectivity index (χ0v) is 28.6. The predicted octanol–water partition coefficient (Wildman–Crippen LogP) is -0.275. The first-order valence-corrected chi connectivity index (χ1v) is 14.9. The summed E-state index contributed by atoms with van der Waals surface area (Å²) in [6.45, 7) is 18.5. The van der Waals surface area contributed by atoms with E-state index in [2.05, 4.69) is 134 Å². The average molecular weight is 617 g/mol. The molecule has 0 N–H and O–H groups in total. The Balaban J connectivity index is 0.00000342. The van der Waals surface area contributed by atoms with Crippen molar-refractivity contribution in [3.8, 4) is 0 Å². The summed E-state index contributed by atoms with van der Waals surface area (Å²) < 4.78 is 0. The van der Waals surface area contributed by atoms with E-state index in [0.29, 0.717) is 0 Å². The van der Waals surface area contributed by atoms with Crippen LogP contribution in [0.15, 0.2) is 89.1 Å². The van der Waals surface area contributed by atoms with Gasteiger partial charge in [-0.1, -0.05) is 130 Å². The van der Waals surface area contributed by atoms with Crippen molar-refractivity contribution in [3.63, 3.8) is 0 Å². The van der Waals surface area contributed by atoms with Crippen LogP contribution in [0.1, 0.15) is 60.6 Å². The van der Waals surface area contributed by atoms with E-state index in [0.717, 1.165) is 6.42 Å². The average Bonchev–Trinajstić information content (AvgIpc) is 3.21. The molecule has 4 rings (SSSR count). The van der Waals surface area contributed by atoms with Crippen molar-refractivity contribution in [3.05, 3.63) is 129 Å². The second-order valence-corrected chi connectivity index (χ2v) is 13.8. The second-order valence-electron chi connectivity index (χ2n) is 11.2. The fourth-order valence-electron chi connectivity index (χ4n) is 5.30. The molecule has 0 unspecified atom stereocenters. The van der Waals surface area contributed by atoms with Crippen molar-refractivity contribution in [2.75, 3.05) is 0 Å². The van der Waals surface area contributed by atoms with Crippen LogP contribution in [-0.2, 0) is 27.1 Å². The van der Waals surface area contributed by atoms with Gasteiger partial charge in [-0.25, -0.2) is 16.8 Å². The monoisotopic (exact) mass is 615 g/mol. The Kier molecular flexibility index (Phi) is 14.1. The summed E-state index contributed by atoms with van der Waals surface area (Å²) >= 11 is 0. The molecule has 0 bridgehead atoms. The van der Waals surface area contributed by atoms with Gasteiger partial charge in [0.15, 0.2) is 0 Å². The molecule has 3 aromatic rings. The molecule has 0 atom stereocenters. The first kappa shape index (κ1) is 36.9. The summed E-state index contributed by atoms with van der Waals surface area (Å²) in [4.78, 5) is 0. The third kappa shape index (κ3) is 7.17. The van der Waals surface area contributed by atoms with Crippen molar-refractivity contribution in [2.24, 2.45) is 5.41 Å². The first-order chi connectivity index (χ1) is 16.0. The molecule has 0 saturated carbocycles. The van der Waals surface area contributed by atoms with E-state index in [-0.39, 0.29) is 64.4 Å². The molecular weight excluding hydrogens is 579 g/mol. The van der Waals surface area contributed by atoms with Crippen LogP contribution in [0.25, 0.3) is 0 Å². The number of halogens is 3. The number of benzene rings is 3. The van der Waals surface area contributed by atoms with Gasteiger partial charge in [0, 0.05) is 5.41 Å². The molecule has 0 aromatic heterocycles. The van der Waals surface area contributed by atoms with Gasteiger partial charge in [0.25, 0.3) is 0 Å². The minimum absolute atomic E-state index is 0. The second kappa shape index (κ2) is 14.5. The van der Waals surface area contributed by atoms with Gasteiger partial charge in [0.1, 0.15) is 0 Å². The Morgan fingerprint density at radius 2 is 1.03 bits per heavy atom. The van der Waals surface area contributed by atoms with Crippen molar-refractivity contribution in [1.29, 1.82) is 0 Å². The molecule has 1 radical (unpaired) electrons. The smallest absolute Gasteiger partial charge is 1.00 e. The number of hydrogen-bond acceptors (Lipinski definition) is 0. The van der Waals surface area contributed by atoms with Crippen molar-refractivity contribution >= 4 is 8.80 Å². The maximum absolute atomic E-state index is 4.08. The SMILES string of the molecule is Cc1cccc(C(C2=C([Si](C)C)CC(C(C)(C)C)=[C-]2)(c2cccc(C)c2)c2cccc(C)c2)c1.[Cl-].[Cl-].[Cl-].[Ti+4]. The summed E-state index contributed by atoms with van der Waals surface area (Å²) in [5.41, 5.74) is 10.4. The minimum atomic E-state index is -0.689. The molecule has 0 spiro atoms. The van der Waals surface area contributed by atoms with E-state index < -0.39 is 14.2 Å². The van der Waals surface area contributed by atoms with Gasteiger partial charge in [0.2, 0.25) is 0 Å². The van der Waals surface area contributed by atoms with E-state index in [4.69, 9.17) is 0 Å². The number of hydrogen-bond donors (Lipinski definition) is 0. The Labute approximate surface area is 266 Å². The molecule has 38 heavy (non-hydrogen) atoms. The topological polar surface area (TPSA) is 0 Å². The number of aryl methyl sites for hydroxylation is 3. The molecule has 199 valence electrons. The Hall–Kier alpha value is -1.06. The van der Waals surface area contributed by atoms with Gasteiger partial charge in [-0.2, -0.15) is 5.57 Å². The number of rotatable bonds is 5. The first-order valence-electron chi connectivity index (χ1n) is 12.4. The largest absolute Gasteiger partial charge is 4.00 e. The van der Waals surface area contributed by atoms with Crippen LogP contribution in [0.3, 0.4) is 0 Å². The van der Waals surface area contributed by atoms with Crippen LogP contribution in [0, 0.1) is 32.3 Å². The molecule has 3 aromatic carbocycles. The van der Waals surface area contributed by atoms with Crippen LogP contribution in [0.2, 0.25) is 13.1 Å². The molecular formula is C33H38Cl3SiTi. The Bertz CT molecular complexity index is 1170. The van der Waals surface area contributed by atoms with Gasteiger partial charge in [0.05, 0.1) is 0 Å². The molecule has 0 nitrogen and oxygen atoms in total. The number of allylic oxidation sites excluding steroid dienone is 4. The molecule has 0 aliphatic heterocycles. The third-order valence-electron chi connectivity index (χ3n) is 7.17. The van der Waals surface area contributed by atoms with Crippen LogP contribution < -0.4 is 37.2 Å². The third-order valence-corrected chi connectivity index (χ3v) is 8.80. The summed E-state index contributed by atoms with van der Waals surface area (Å²) in [6, 6.07) is 27.5. The van der Waals surface area contributed by atoms with Crippen molar-refractivity contribution < 1.29 is 58.9 Å². The standard InChI is InChI=1S/C33H38Si.3ClH.Ti/c1-23-12-9-15-26(18-23)33(27-16-10-13-24(2)19-27,28-17-11-14-25(3)20-28)30-21-29(32(4,5)6)22-31(30)34(7)8;;;;/h9-20H,22H2,1-8H3;3*1H;/q-1;;;;+4/p-3. The minimum Gasteiger partial charge on any atom is -1.00 e. The van der Waals surface area contributed by atoms with Crippen LogP contribution in [0.4, 0.5) is 0 Å². The van der Waals surface area contributed by atoms with Crippen LogP contribution in [-0.4, -0.2) is 8.80 Å². The van der Waals surface area contributed by atoms with E-state index in [1.165, 1.54) is 44.5 Å². The normalized spacial score (nSPS) is 13.1. The van der Waals surface area contributed by atoms with E-state index in [1.54, 1.807) is 5.20 Å². The summed E-state index contributed by atoms with van der Waals surface area (Å²) in [7, 11) is -0.689. The van der Waals surface area contributed by atoms with Crippen molar-refractivity contribution in [1.82, 2.24) is 0 Å². The Morgan fingerprint density at radius 1 is 0.658 bits per heavy atom. The van der Waals surface area contributed by atoms with Gasteiger partial charge in [-0.3, -0.25) is 0 Å². The summed E-state index contributed by atoms with van der Waals surface area (Å²) in [5, 5.41) is 1.61. The van der Waals surface area contributed by atoms with E-state index in [9.17, 15) is 0 Å². The van der Waals surface area contributed by atoms with Gasteiger partial charge < -0.3 is 37.2 Å². The van der Waals surface area contributed by atoms with Crippen LogP contribution in [0.5, 0.6) is 0 Å². The molecule has 0 heterocycles. The molecule has 1 aliphatic rings. The fourth-order valence-corrected chi connectivity index (χ4v) is 6.58. The van der Waals surface area contributed by atoms with Gasteiger partial charge in [-0.05, 0) is 51.7 Å². The maximum Gasteiger partial charge on any atom is 4.00 e. The van der Waals surface area contributed by atoms with Gasteiger partial charge >= 0.3 is 21.7 Å². The maximum atomic E-state index is 4.08. The Morgan fingerprint density at radius 3 is 1.32 bits per heavy atom. The summed E-state index contributed by atoms with van der Waals surface area (Å²) in [5.74, 6) is 0. The van der Waals surface area contributed by atoms with Crippen molar-refractivity contribution in [2.45, 2.75) is 66.5 Å². The van der Waals surface area contributed by atoms with Gasteiger partial charge in [-0.15, -0.1) is 0 Å². The zero-order chi connectivity index (χ0) is 24.7. The predicted molar refractivity (Wildman–Crippen MR) is 149 cm³/mol. The van der Waals surface area contributed by atoms with Crippen LogP contribution >= 0.6 is 0 Å².